The summed E-state index contributed by atoms with van der Waals surface area (Å²) < 4.78 is 22.4. The second-order valence-corrected chi connectivity index (χ2v) is 7.82. The zero-order valence-corrected chi connectivity index (χ0v) is 19.8. The van der Waals surface area contributed by atoms with Crippen molar-refractivity contribution in [3.8, 4) is 28.5 Å². The zero-order chi connectivity index (χ0) is 23.8. The topological polar surface area (TPSA) is 95.7 Å². The number of hydrogen-bond donors (Lipinski definition) is 1. The van der Waals surface area contributed by atoms with Gasteiger partial charge in [0.05, 0.1) is 13.2 Å². The summed E-state index contributed by atoms with van der Waals surface area (Å²) in [6.07, 6.45) is 1.01. The third kappa shape index (κ3) is 6.25. The largest absolute Gasteiger partial charge is 0.490 e. The standard InChI is InChI=1S/C25H31N3O5/c1-6-12-30-21-11-9-19(15-22(21)31-13-7-2)23-24(28-33-27-23)26-25(29)18(5)32-20-10-8-16(3)17(4)14-20/h8-11,14-15,18H,6-7,12-13H2,1-5H3,(H,26,28,29)/t18-/m1/s1. The van der Waals surface area contributed by atoms with Crippen LogP contribution in [0.2, 0.25) is 0 Å². The van der Waals surface area contributed by atoms with Gasteiger partial charge >= 0.3 is 0 Å². The zero-order valence-electron chi connectivity index (χ0n) is 19.8. The summed E-state index contributed by atoms with van der Waals surface area (Å²) in [5.74, 6) is 1.73. The number of aryl methyl sites for hydroxylation is 2. The van der Waals surface area contributed by atoms with Crippen molar-refractivity contribution in [1.29, 1.82) is 0 Å². The molecular formula is C25H31N3O5. The van der Waals surface area contributed by atoms with Crippen molar-refractivity contribution < 1.29 is 23.6 Å². The molecule has 0 spiro atoms. The molecule has 0 bridgehead atoms. The number of aromatic nitrogens is 2. The number of carbonyl (C=O) groups is 1. The molecule has 8 nitrogen and oxygen atoms in total. The fourth-order valence-electron chi connectivity index (χ4n) is 3.03. The molecule has 1 amide bonds. The van der Waals surface area contributed by atoms with Gasteiger partial charge in [-0.1, -0.05) is 19.9 Å². The van der Waals surface area contributed by atoms with Crippen LogP contribution in [0, 0.1) is 13.8 Å². The van der Waals surface area contributed by atoms with Crippen LogP contribution in [0.1, 0.15) is 44.7 Å². The third-order valence-electron chi connectivity index (χ3n) is 5.03. The predicted octanol–water partition coefficient (Wildman–Crippen LogP) is 5.34. The molecule has 2 aromatic carbocycles. The molecule has 0 unspecified atom stereocenters. The van der Waals surface area contributed by atoms with E-state index in [-0.39, 0.29) is 11.7 Å². The van der Waals surface area contributed by atoms with Crippen molar-refractivity contribution in [2.45, 2.75) is 53.6 Å². The summed E-state index contributed by atoms with van der Waals surface area (Å²) in [6.45, 7) is 10.9. The number of amides is 1. The first kappa shape index (κ1) is 24.1. The van der Waals surface area contributed by atoms with E-state index in [4.69, 9.17) is 18.8 Å². The van der Waals surface area contributed by atoms with E-state index in [9.17, 15) is 4.79 Å². The van der Waals surface area contributed by atoms with Gasteiger partial charge in [0.2, 0.25) is 5.82 Å². The lowest BCUT2D eigenvalue weighted by Gasteiger charge is -2.15. The van der Waals surface area contributed by atoms with Crippen LogP contribution < -0.4 is 19.5 Å². The minimum absolute atomic E-state index is 0.208. The van der Waals surface area contributed by atoms with E-state index in [2.05, 4.69) is 15.6 Å². The molecule has 3 rings (SSSR count). The van der Waals surface area contributed by atoms with Crippen LogP contribution >= 0.6 is 0 Å². The van der Waals surface area contributed by atoms with Gasteiger partial charge in [0.15, 0.2) is 23.3 Å². The van der Waals surface area contributed by atoms with E-state index in [1.807, 2.05) is 64.1 Å². The van der Waals surface area contributed by atoms with Gasteiger partial charge in [0, 0.05) is 5.56 Å². The van der Waals surface area contributed by atoms with Crippen LogP contribution in [0.4, 0.5) is 5.82 Å². The van der Waals surface area contributed by atoms with Gasteiger partial charge in [-0.05, 0) is 85.4 Å². The second-order valence-electron chi connectivity index (χ2n) is 7.82. The molecule has 0 aliphatic heterocycles. The molecule has 0 aliphatic rings. The molecule has 0 fully saturated rings. The van der Waals surface area contributed by atoms with Gasteiger partial charge in [-0.3, -0.25) is 4.79 Å². The summed E-state index contributed by atoms with van der Waals surface area (Å²) in [5.41, 5.74) is 3.33. The van der Waals surface area contributed by atoms with E-state index >= 15 is 0 Å². The number of nitrogens with zero attached hydrogens (tertiary/aromatic N) is 2. The number of ether oxygens (including phenoxy) is 3. The Labute approximate surface area is 194 Å². The quantitative estimate of drug-likeness (QED) is 0.419. The fourth-order valence-corrected chi connectivity index (χ4v) is 3.03. The molecule has 33 heavy (non-hydrogen) atoms. The van der Waals surface area contributed by atoms with Gasteiger partial charge in [0.1, 0.15) is 5.75 Å². The highest BCUT2D eigenvalue weighted by atomic mass is 16.6. The number of anilines is 1. The van der Waals surface area contributed by atoms with Crippen molar-refractivity contribution in [2.75, 3.05) is 18.5 Å². The van der Waals surface area contributed by atoms with E-state index in [1.54, 1.807) is 6.92 Å². The predicted molar refractivity (Wildman–Crippen MR) is 126 cm³/mol. The lowest BCUT2D eigenvalue weighted by Crippen LogP contribution is -2.30. The Bertz CT molecular complexity index is 1080. The third-order valence-corrected chi connectivity index (χ3v) is 5.03. The van der Waals surface area contributed by atoms with Crippen molar-refractivity contribution in [3.05, 3.63) is 47.5 Å². The molecule has 0 radical (unpaired) electrons. The second kappa shape index (κ2) is 11.4. The molecule has 1 atom stereocenters. The highest BCUT2D eigenvalue weighted by Crippen LogP contribution is 2.34. The Morgan fingerprint density at radius 1 is 0.970 bits per heavy atom. The van der Waals surface area contributed by atoms with Gasteiger partial charge in [-0.2, -0.15) is 0 Å². The number of rotatable bonds is 11. The number of benzene rings is 2. The van der Waals surface area contributed by atoms with Crippen LogP contribution in [-0.2, 0) is 4.79 Å². The van der Waals surface area contributed by atoms with Crippen LogP contribution in [0.15, 0.2) is 41.0 Å². The lowest BCUT2D eigenvalue weighted by atomic mass is 10.1. The molecule has 1 aromatic heterocycles. The number of nitrogens with one attached hydrogen (secondary N) is 1. The van der Waals surface area contributed by atoms with Crippen LogP contribution in [0.5, 0.6) is 17.2 Å². The normalized spacial score (nSPS) is 11.7. The fraction of sp³-hybridized carbons (Fsp3) is 0.400. The number of carbonyl (C=O) groups excluding carboxylic acids is 1. The molecule has 0 saturated heterocycles. The van der Waals surface area contributed by atoms with E-state index in [0.717, 1.165) is 24.0 Å². The van der Waals surface area contributed by atoms with Gasteiger partial charge in [-0.25, -0.2) is 4.63 Å². The van der Waals surface area contributed by atoms with Gasteiger partial charge in [0.25, 0.3) is 5.91 Å². The maximum Gasteiger partial charge on any atom is 0.266 e. The Morgan fingerprint density at radius 3 is 2.39 bits per heavy atom. The Kier molecular flexibility index (Phi) is 8.29. The van der Waals surface area contributed by atoms with Crippen LogP contribution in [-0.4, -0.2) is 35.5 Å². The Morgan fingerprint density at radius 2 is 1.70 bits per heavy atom. The Balaban J connectivity index is 1.75. The first-order valence-electron chi connectivity index (χ1n) is 11.2. The molecule has 8 heteroatoms. The molecule has 1 N–H and O–H groups in total. The summed E-state index contributed by atoms with van der Waals surface area (Å²) in [5, 5.41) is 10.6. The summed E-state index contributed by atoms with van der Waals surface area (Å²) in [6, 6.07) is 11.2. The monoisotopic (exact) mass is 453 g/mol. The highest BCUT2D eigenvalue weighted by Gasteiger charge is 2.21. The van der Waals surface area contributed by atoms with Crippen molar-refractivity contribution in [3.63, 3.8) is 0 Å². The molecular weight excluding hydrogens is 422 g/mol. The molecule has 1 heterocycles. The molecule has 176 valence electrons. The maximum absolute atomic E-state index is 12.7. The highest BCUT2D eigenvalue weighted by molar-refractivity contribution is 5.96. The molecule has 0 saturated carbocycles. The SMILES string of the molecule is CCCOc1ccc(-c2nonc2NC(=O)[C@@H](C)Oc2ccc(C)c(C)c2)cc1OCCC. The van der Waals surface area contributed by atoms with E-state index < -0.39 is 6.10 Å². The van der Waals surface area contributed by atoms with Crippen LogP contribution in [0.3, 0.4) is 0 Å². The Hall–Kier alpha value is -3.55. The summed E-state index contributed by atoms with van der Waals surface area (Å²) in [4.78, 5) is 12.7. The van der Waals surface area contributed by atoms with Crippen molar-refractivity contribution in [2.24, 2.45) is 0 Å². The lowest BCUT2D eigenvalue weighted by molar-refractivity contribution is -0.122. The minimum atomic E-state index is -0.745. The molecule has 3 aromatic rings. The smallest absolute Gasteiger partial charge is 0.266 e. The first-order valence-corrected chi connectivity index (χ1v) is 11.2. The first-order chi connectivity index (χ1) is 15.9. The molecule has 0 aliphatic carbocycles. The average Bonchev–Trinajstić information content (AvgIpc) is 3.27. The minimum Gasteiger partial charge on any atom is -0.490 e. The average molecular weight is 454 g/mol. The summed E-state index contributed by atoms with van der Waals surface area (Å²) in [7, 11) is 0. The maximum atomic E-state index is 12.7. The van der Waals surface area contributed by atoms with Crippen LogP contribution in [0.25, 0.3) is 11.3 Å². The number of hydrogen-bond acceptors (Lipinski definition) is 7. The van der Waals surface area contributed by atoms with Crippen molar-refractivity contribution in [1.82, 2.24) is 10.3 Å². The van der Waals surface area contributed by atoms with E-state index in [1.165, 1.54) is 0 Å². The van der Waals surface area contributed by atoms with E-state index in [0.29, 0.717) is 41.7 Å². The van der Waals surface area contributed by atoms with Gasteiger partial charge in [-0.15, -0.1) is 0 Å². The summed E-state index contributed by atoms with van der Waals surface area (Å²) >= 11 is 0. The van der Waals surface area contributed by atoms with Crippen molar-refractivity contribution >= 4 is 11.7 Å². The van der Waals surface area contributed by atoms with Gasteiger partial charge < -0.3 is 19.5 Å².